The smallest absolute Gasteiger partial charge is 0.355 e. The van der Waals surface area contributed by atoms with Crippen molar-refractivity contribution >= 4 is 15.2 Å². The van der Waals surface area contributed by atoms with Crippen LogP contribution in [-0.2, 0) is 32.0 Å². The van der Waals surface area contributed by atoms with Crippen molar-refractivity contribution < 1.29 is 32.0 Å². The number of hydrogen-bond donors (Lipinski definition) is 0. The van der Waals surface area contributed by atoms with E-state index in [2.05, 4.69) is 0 Å². The number of hydrogen-bond acceptors (Lipinski definition) is 7. The predicted octanol–water partition coefficient (Wildman–Crippen LogP) is 4.47. The van der Waals surface area contributed by atoms with Crippen molar-refractivity contribution in [2.45, 2.75) is 47.1 Å². The van der Waals surface area contributed by atoms with Gasteiger partial charge in [-0.1, -0.05) is 13.8 Å². The van der Waals surface area contributed by atoms with Gasteiger partial charge in [-0.05, 0) is 33.6 Å². The zero-order valence-corrected chi connectivity index (χ0v) is 16.2. The second kappa shape index (κ2) is 10.9. The standard InChI is InChI=1S/C13H30O7P2/c1-7-17-21(14,18-8-2)13(16-11-12(5)6)22(15,19-9-3)20-10-4/h12-13H,7-11H2,1-6H3. The van der Waals surface area contributed by atoms with E-state index in [4.69, 9.17) is 22.8 Å². The predicted molar refractivity (Wildman–Crippen MR) is 86.3 cm³/mol. The van der Waals surface area contributed by atoms with Gasteiger partial charge >= 0.3 is 15.2 Å². The average Bonchev–Trinajstić information content (AvgIpc) is 2.39. The molecule has 0 aromatic rings. The van der Waals surface area contributed by atoms with E-state index in [9.17, 15) is 9.13 Å². The summed E-state index contributed by atoms with van der Waals surface area (Å²) in [6, 6.07) is 0. The van der Waals surface area contributed by atoms with E-state index in [0.717, 1.165) is 0 Å². The van der Waals surface area contributed by atoms with Crippen LogP contribution in [0.3, 0.4) is 0 Å². The van der Waals surface area contributed by atoms with Crippen molar-refractivity contribution in [1.82, 2.24) is 0 Å². The zero-order chi connectivity index (χ0) is 17.2. The van der Waals surface area contributed by atoms with Crippen LogP contribution >= 0.6 is 15.2 Å². The van der Waals surface area contributed by atoms with Crippen molar-refractivity contribution in [3.63, 3.8) is 0 Å². The SMILES string of the molecule is CCOP(=O)(OCC)C(OCC(C)C)P(=O)(OCC)OCC. The molecule has 0 rings (SSSR count). The van der Waals surface area contributed by atoms with Gasteiger partial charge < -0.3 is 22.8 Å². The molecule has 0 radical (unpaired) electrons. The fourth-order valence-electron chi connectivity index (χ4n) is 1.68. The fraction of sp³-hybridized carbons (Fsp3) is 1.00. The molecule has 0 amide bonds. The highest BCUT2D eigenvalue weighted by molar-refractivity contribution is 7.72. The molecule has 9 heteroatoms. The Labute approximate surface area is 134 Å². The van der Waals surface area contributed by atoms with Gasteiger partial charge in [0.25, 0.3) is 5.59 Å². The van der Waals surface area contributed by atoms with Gasteiger partial charge in [-0.2, -0.15) is 0 Å². The first-order valence-corrected chi connectivity index (χ1v) is 10.9. The Morgan fingerprint density at radius 3 is 1.27 bits per heavy atom. The molecule has 0 aromatic carbocycles. The first-order chi connectivity index (χ1) is 10.3. The van der Waals surface area contributed by atoms with Crippen LogP contribution in [0.4, 0.5) is 0 Å². The monoisotopic (exact) mass is 360 g/mol. The van der Waals surface area contributed by atoms with Crippen molar-refractivity contribution in [3.05, 3.63) is 0 Å². The molecule has 0 heterocycles. The molecule has 0 aliphatic heterocycles. The third-order valence-corrected chi connectivity index (χ3v) is 7.91. The van der Waals surface area contributed by atoms with E-state index in [0.29, 0.717) is 0 Å². The summed E-state index contributed by atoms with van der Waals surface area (Å²) in [4.78, 5) is 0. The Morgan fingerprint density at radius 2 is 1.05 bits per heavy atom. The summed E-state index contributed by atoms with van der Waals surface area (Å²) < 4.78 is 52.8. The van der Waals surface area contributed by atoms with E-state index < -0.39 is 20.8 Å². The van der Waals surface area contributed by atoms with Crippen LogP contribution in [0.1, 0.15) is 41.5 Å². The minimum atomic E-state index is -3.80. The van der Waals surface area contributed by atoms with Crippen LogP contribution in [-0.4, -0.2) is 38.6 Å². The minimum absolute atomic E-state index is 0.136. The van der Waals surface area contributed by atoms with Crippen LogP contribution in [0, 0.1) is 5.92 Å². The molecule has 22 heavy (non-hydrogen) atoms. The third-order valence-electron chi connectivity index (χ3n) is 2.36. The van der Waals surface area contributed by atoms with Crippen LogP contribution in [0.2, 0.25) is 0 Å². The fourth-order valence-corrected chi connectivity index (χ4v) is 6.51. The highest BCUT2D eigenvalue weighted by Gasteiger charge is 2.52. The van der Waals surface area contributed by atoms with Crippen LogP contribution < -0.4 is 0 Å². The summed E-state index contributed by atoms with van der Waals surface area (Å²) in [7, 11) is -7.60. The van der Waals surface area contributed by atoms with Crippen molar-refractivity contribution in [2.75, 3.05) is 33.0 Å². The lowest BCUT2D eigenvalue weighted by Crippen LogP contribution is -2.22. The Morgan fingerprint density at radius 1 is 0.727 bits per heavy atom. The Balaban J connectivity index is 5.64. The van der Waals surface area contributed by atoms with Gasteiger partial charge in [-0.3, -0.25) is 9.13 Å². The third kappa shape index (κ3) is 6.79. The molecule has 0 saturated carbocycles. The van der Waals surface area contributed by atoms with Crippen molar-refractivity contribution in [3.8, 4) is 0 Å². The summed E-state index contributed by atoms with van der Waals surface area (Å²) in [5.74, 6) is 0.149. The molecule has 0 unspecified atom stereocenters. The summed E-state index contributed by atoms with van der Waals surface area (Å²) in [5.41, 5.74) is -1.39. The molecule has 0 bridgehead atoms. The number of ether oxygens (including phenoxy) is 1. The molecule has 0 aromatic heterocycles. The lowest BCUT2D eigenvalue weighted by molar-refractivity contribution is 0.0677. The molecular formula is C13H30O7P2. The quantitative estimate of drug-likeness (QED) is 0.448. The van der Waals surface area contributed by atoms with Gasteiger partial charge in [-0.25, -0.2) is 0 Å². The second-order valence-corrected chi connectivity index (χ2v) is 9.34. The van der Waals surface area contributed by atoms with Crippen molar-refractivity contribution in [2.24, 2.45) is 5.92 Å². The molecule has 0 saturated heterocycles. The first kappa shape index (κ1) is 22.3. The van der Waals surface area contributed by atoms with Gasteiger partial charge in [-0.15, -0.1) is 0 Å². The Kier molecular flexibility index (Phi) is 11.1. The van der Waals surface area contributed by atoms with Gasteiger partial charge in [0.2, 0.25) is 0 Å². The van der Waals surface area contributed by atoms with E-state index in [1.165, 1.54) is 0 Å². The molecule has 0 aliphatic carbocycles. The van der Waals surface area contributed by atoms with Crippen LogP contribution in [0.5, 0.6) is 0 Å². The molecule has 0 N–H and O–H groups in total. The Hall–Kier alpha value is 0.260. The molecular weight excluding hydrogens is 330 g/mol. The maximum absolute atomic E-state index is 13.0. The summed E-state index contributed by atoms with van der Waals surface area (Å²) in [5, 5.41) is 0. The highest BCUT2D eigenvalue weighted by atomic mass is 31.2. The van der Waals surface area contributed by atoms with Gasteiger partial charge in [0, 0.05) is 0 Å². The maximum Gasteiger partial charge on any atom is 0.371 e. The highest BCUT2D eigenvalue weighted by Crippen LogP contribution is 2.70. The van der Waals surface area contributed by atoms with Crippen molar-refractivity contribution in [1.29, 1.82) is 0 Å². The Bertz CT molecular complexity index is 337. The molecule has 0 aliphatic rings. The minimum Gasteiger partial charge on any atom is -0.355 e. The molecule has 0 spiro atoms. The van der Waals surface area contributed by atoms with E-state index in [-0.39, 0.29) is 39.0 Å². The summed E-state index contributed by atoms with van der Waals surface area (Å²) in [6.45, 7) is 11.3. The summed E-state index contributed by atoms with van der Waals surface area (Å²) in [6.07, 6.45) is 0. The lowest BCUT2D eigenvalue weighted by Gasteiger charge is -2.31. The van der Waals surface area contributed by atoms with Gasteiger partial charge in [0.1, 0.15) is 0 Å². The lowest BCUT2D eigenvalue weighted by atomic mass is 10.2. The second-order valence-electron chi connectivity index (χ2n) is 4.80. The summed E-state index contributed by atoms with van der Waals surface area (Å²) >= 11 is 0. The molecule has 134 valence electrons. The van der Waals surface area contributed by atoms with E-state index >= 15 is 0 Å². The van der Waals surface area contributed by atoms with E-state index in [1.54, 1.807) is 27.7 Å². The number of rotatable bonds is 13. The van der Waals surface area contributed by atoms with E-state index in [1.807, 2.05) is 13.8 Å². The first-order valence-electron chi connectivity index (χ1n) is 7.68. The molecule has 0 fully saturated rings. The molecule has 7 nitrogen and oxygen atoms in total. The average molecular weight is 360 g/mol. The maximum atomic E-state index is 13.0. The normalized spacial score (nSPS) is 13.3. The topological polar surface area (TPSA) is 80.3 Å². The van der Waals surface area contributed by atoms with Gasteiger partial charge in [0.05, 0.1) is 33.0 Å². The molecule has 0 atom stereocenters. The van der Waals surface area contributed by atoms with Gasteiger partial charge in [0.15, 0.2) is 0 Å². The zero-order valence-electron chi connectivity index (χ0n) is 14.4. The largest absolute Gasteiger partial charge is 0.371 e. The van der Waals surface area contributed by atoms with Crippen LogP contribution in [0.25, 0.3) is 0 Å². The van der Waals surface area contributed by atoms with Crippen LogP contribution in [0.15, 0.2) is 0 Å².